The number of fused-ring (bicyclic) bond motifs is 1. The summed E-state index contributed by atoms with van der Waals surface area (Å²) in [7, 11) is -2.68. The zero-order chi connectivity index (χ0) is 24.5. The van der Waals surface area contributed by atoms with Crippen molar-refractivity contribution >= 4 is 43.9 Å². The predicted octanol–water partition coefficient (Wildman–Crippen LogP) is 4.44. The summed E-state index contributed by atoms with van der Waals surface area (Å²) in [6.07, 6.45) is 1.21. The van der Waals surface area contributed by atoms with E-state index in [-0.39, 0.29) is 16.8 Å². The van der Waals surface area contributed by atoms with Gasteiger partial charge in [-0.25, -0.2) is 8.42 Å². The zero-order valence-corrected chi connectivity index (χ0v) is 20.0. The summed E-state index contributed by atoms with van der Waals surface area (Å²) in [6.45, 7) is 1.64. The van der Waals surface area contributed by atoms with Crippen LogP contribution in [0.5, 0.6) is 5.75 Å². The zero-order valence-electron chi connectivity index (χ0n) is 18.4. The number of para-hydroxylation sites is 1. The Balaban J connectivity index is 1.76. The summed E-state index contributed by atoms with van der Waals surface area (Å²) < 4.78 is 33.2. The molecule has 0 radical (unpaired) electrons. The molecular weight excluding hydrogens is 476 g/mol. The normalized spacial score (nSPS) is 11.4. The third-order valence-corrected chi connectivity index (χ3v) is 7.55. The molecule has 0 bridgehead atoms. The molecule has 0 atom stereocenters. The lowest BCUT2D eigenvalue weighted by Gasteiger charge is -2.14. The van der Waals surface area contributed by atoms with Crippen LogP contribution in [0.15, 0.2) is 87.5 Å². The number of halogens is 1. The van der Waals surface area contributed by atoms with Crippen molar-refractivity contribution in [2.75, 3.05) is 12.4 Å². The molecule has 34 heavy (non-hydrogen) atoms. The Labute approximate surface area is 201 Å². The van der Waals surface area contributed by atoms with Gasteiger partial charge in [-0.05, 0) is 61.0 Å². The molecule has 4 aromatic rings. The number of methoxy groups -OCH3 is 1. The molecular formula is C25H21ClN2O5S. The van der Waals surface area contributed by atoms with E-state index in [9.17, 15) is 18.0 Å². The maximum atomic E-state index is 13.3. The first kappa shape index (κ1) is 23.5. The van der Waals surface area contributed by atoms with E-state index in [2.05, 4.69) is 5.32 Å². The Bertz CT molecular complexity index is 1560. The molecule has 1 N–H and O–H groups in total. The highest BCUT2D eigenvalue weighted by atomic mass is 35.5. The number of nitrogens with zero attached hydrogens (tertiary/aromatic N) is 1. The summed E-state index contributed by atoms with van der Waals surface area (Å²) >= 11 is 6.14. The van der Waals surface area contributed by atoms with E-state index < -0.39 is 26.1 Å². The van der Waals surface area contributed by atoms with Crippen LogP contribution in [0.25, 0.3) is 10.9 Å². The van der Waals surface area contributed by atoms with Crippen LogP contribution in [-0.4, -0.2) is 26.0 Å². The van der Waals surface area contributed by atoms with Crippen molar-refractivity contribution in [3.05, 3.63) is 93.7 Å². The molecule has 9 heteroatoms. The van der Waals surface area contributed by atoms with Gasteiger partial charge in [0.2, 0.25) is 21.2 Å². The average Bonchev–Trinajstić information content (AvgIpc) is 2.83. The lowest BCUT2D eigenvalue weighted by molar-refractivity contribution is -0.116. The van der Waals surface area contributed by atoms with Gasteiger partial charge in [-0.2, -0.15) is 0 Å². The van der Waals surface area contributed by atoms with Gasteiger partial charge in [-0.3, -0.25) is 9.59 Å². The molecule has 0 saturated carbocycles. The van der Waals surface area contributed by atoms with E-state index >= 15 is 0 Å². The maximum absolute atomic E-state index is 13.3. The Morgan fingerprint density at radius 1 is 1.06 bits per heavy atom. The van der Waals surface area contributed by atoms with Crippen molar-refractivity contribution in [1.82, 2.24) is 4.57 Å². The molecule has 0 saturated heterocycles. The third kappa shape index (κ3) is 4.55. The van der Waals surface area contributed by atoms with Crippen molar-refractivity contribution in [2.45, 2.75) is 23.3 Å². The van der Waals surface area contributed by atoms with Gasteiger partial charge < -0.3 is 14.6 Å². The highest BCUT2D eigenvalue weighted by Gasteiger charge is 2.24. The van der Waals surface area contributed by atoms with Gasteiger partial charge in [0.15, 0.2) is 0 Å². The Hall–Kier alpha value is -3.62. The first-order valence-electron chi connectivity index (χ1n) is 10.3. The number of benzene rings is 3. The second-order valence-electron chi connectivity index (χ2n) is 7.66. The van der Waals surface area contributed by atoms with E-state index in [0.29, 0.717) is 22.0 Å². The van der Waals surface area contributed by atoms with Crippen molar-refractivity contribution < 1.29 is 17.9 Å². The SMILES string of the molecule is COc1ccc(S(=O)(=O)c2cn(CC(=O)Nc3ccc(C)c(Cl)c3)c3ccccc3c2=O)cc1. The largest absolute Gasteiger partial charge is 0.497 e. The van der Waals surface area contributed by atoms with Crippen LogP contribution in [0.4, 0.5) is 5.69 Å². The second-order valence-corrected chi connectivity index (χ2v) is 9.98. The summed E-state index contributed by atoms with van der Waals surface area (Å²) in [4.78, 5) is 25.5. The van der Waals surface area contributed by atoms with Crippen LogP contribution < -0.4 is 15.5 Å². The number of ether oxygens (including phenoxy) is 1. The van der Waals surface area contributed by atoms with E-state index in [1.54, 1.807) is 42.5 Å². The highest BCUT2D eigenvalue weighted by Crippen LogP contribution is 2.24. The minimum atomic E-state index is -4.15. The number of amides is 1. The van der Waals surface area contributed by atoms with Gasteiger partial charge in [-0.1, -0.05) is 29.8 Å². The number of rotatable bonds is 6. The van der Waals surface area contributed by atoms with Crippen LogP contribution in [0, 0.1) is 6.92 Å². The number of sulfone groups is 1. The molecule has 0 aliphatic rings. The van der Waals surface area contributed by atoms with Crippen molar-refractivity contribution in [3.8, 4) is 5.75 Å². The third-order valence-electron chi connectivity index (χ3n) is 5.38. The van der Waals surface area contributed by atoms with Crippen LogP contribution in [0.1, 0.15) is 5.56 Å². The maximum Gasteiger partial charge on any atom is 0.244 e. The van der Waals surface area contributed by atoms with E-state index in [4.69, 9.17) is 16.3 Å². The first-order chi connectivity index (χ1) is 16.2. The van der Waals surface area contributed by atoms with Gasteiger partial charge in [0.25, 0.3) is 0 Å². The number of aromatic nitrogens is 1. The molecule has 1 heterocycles. The minimum Gasteiger partial charge on any atom is -0.497 e. The van der Waals surface area contributed by atoms with Crippen molar-refractivity contribution in [2.24, 2.45) is 0 Å². The van der Waals surface area contributed by atoms with Gasteiger partial charge in [0, 0.05) is 22.3 Å². The number of pyridine rings is 1. The molecule has 7 nitrogen and oxygen atoms in total. The Morgan fingerprint density at radius 2 is 1.76 bits per heavy atom. The fourth-order valence-corrected chi connectivity index (χ4v) is 5.10. The Morgan fingerprint density at radius 3 is 2.44 bits per heavy atom. The molecule has 0 aliphatic heterocycles. The minimum absolute atomic E-state index is 0.0500. The van der Waals surface area contributed by atoms with Crippen LogP contribution >= 0.6 is 11.6 Å². The number of carbonyl (C=O) groups is 1. The molecule has 4 rings (SSSR count). The number of hydrogen-bond acceptors (Lipinski definition) is 5. The van der Waals surface area contributed by atoms with Crippen molar-refractivity contribution in [3.63, 3.8) is 0 Å². The molecule has 1 aromatic heterocycles. The number of anilines is 1. The molecule has 0 unspecified atom stereocenters. The summed E-state index contributed by atoms with van der Waals surface area (Å²) in [5.74, 6) is 0.0873. The number of aryl methyl sites for hydroxylation is 1. The Kier molecular flexibility index (Phi) is 6.45. The molecule has 0 aliphatic carbocycles. The fraction of sp³-hybridized carbons (Fsp3) is 0.120. The molecule has 0 fully saturated rings. The predicted molar refractivity (Wildman–Crippen MR) is 131 cm³/mol. The molecule has 174 valence electrons. The number of hydrogen-bond donors (Lipinski definition) is 1. The van der Waals surface area contributed by atoms with Gasteiger partial charge >= 0.3 is 0 Å². The lowest BCUT2D eigenvalue weighted by Crippen LogP contribution is -2.23. The van der Waals surface area contributed by atoms with E-state index in [1.807, 2.05) is 6.92 Å². The highest BCUT2D eigenvalue weighted by molar-refractivity contribution is 7.91. The molecule has 1 amide bonds. The number of nitrogens with one attached hydrogen (secondary N) is 1. The topological polar surface area (TPSA) is 94.5 Å². The van der Waals surface area contributed by atoms with Gasteiger partial charge in [-0.15, -0.1) is 0 Å². The molecule has 0 spiro atoms. The fourth-order valence-electron chi connectivity index (χ4n) is 3.55. The van der Waals surface area contributed by atoms with Gasteiger partial charge in [0.05, 0.1) is 17.5 Å². The summed E-state index contributed by atoms with van der Waals surface area (Å²) in [5, 5.41) is 3.47. The number of carbonyl (C=O) groups excluding carboxylic acids is 1. The van der Waals surface area contributed by atoms with Crippen LogP contribution in [0.2, 0.25) is 5.02 Å². The molecule has 3 aromatic carbocycles. The van der Waals surface area contributed by atoms with E-state index in [1.165, 1.54) is 42.1 Å². The lowest BCUT2D eigenvalue weighted by atomic mass is 10.2. The van der Waals surface area contributed by atoms with Gasteiger partial charge in [0.1, 0.15) is 17.2 Å². The van der Waals surface area contributed by atoms with Crippen LogP contribution in [0.3, 0.4) is 0 Å². The summed E-state index contributed by atoms with van der Waals surface area (Å²) in [6, 6.07) is 17.5. The summed E-state index contributed by atoms with van der Waals surface area (Å²) in [5.41, 5.74) is 1.20. The van der Waals surface area contributed by atoms with Crippen molar-refractivity contribution in [1.29, 1.82) is 0 Å². The van der Waals surface area contributed by atoms with Crippen LogP contribution in [-0.2, 0) is 21.2 Å². The van der Waals surface area contributed by atoms with E-state index in [0.717, 1.165) is 5.56 Å². The standard InChI is InChI=1S/C25H21ClN2O5S/c1-16-7-8-17(13-21(16)26)27-24(29)15-28-14-23(25(30)20-5-3-4-6-22(20)28)34(31,32)19-11-9-18(33-2)10-12-19/h3-14H,15H2,1-2H3,(H,27,29). The monoisotopic (exact) mass is 496 g/mol. The average molecular weight is 497 g/mol. The second kappa shape index (κ2) is 9.32. The first-order valence-corrected chi connectivity index (χ1v) is 12.1. The quantitative estimate of drug-likeness (QED) is 0.426. The smallest absolute Gasteiger partial charge is 0.244 e.